The Kier molecular flexibility index (Phi) is 8.19. The summed E-state index contributed by atoms with van der Waals surface area (Å²) in [6, 6.07) is 16.7. The zero-order valence-electron chi connectivity index (χ0n) is 13.8. The number of unbranched alkanes of at least 4 members (excludes halogenated alkanes) is 3. The molecule has 124 valence electrons. The van der Waals surface area contributed by atoms with Gasteiger partial charge in [-0.15, -0.1) is 0 Å². The van der Waals surface area contributed by atoms with E-state index in [9.17, 15) is 0 Å². The fourth-order valence-electron chi connectivity index (χ4n) is 2.45. The van der Waals surface area contributed by atoms with Gasteiger partial charge in [-0.1, -0.05) is 53.0 Å². The molecule has 2 nitrogen and oxygen atoms in total. The second-order valence-corrected chi connectivity index (χ2v) is 6.61. The molecule has 0 unspecified atom stereocenters. The molecule has 0 saturated carbocycles. The zero-order valence-corrected chi connectivity index (χ0v) is 15.3. The lowest BCUT2D eigenvalue weighted by Gasteiger charge is -2.06. The van der Waals surface area contributed by atoms with Crippen LogP contribution in [0.4, 0.5) is 0 Å². The molecule has 0 aliphatic rings. The molecule has 0 spiro atoms. The molecule has 0 aliphatic heterocycles. The first-order valence-electron chi connectivity index (χ1n) is 8.23. The first kappa shape index (κ1) is 18.0. The third-order valence-electron chi connectivity index (χ3n) is 3.85. The number of hydrogen-bond acceptors (Lipinski definition) is 2. The lowest BCUT2D eigenvalue weighted by Crippen LogP contribution is -1.96. The summed E-state index contributed by atoms with van der Waals surface area (Å²) in [7, 11) is 1.68. The molecule has 0 radical (unpaired) electrons. The van der Waals surface area contributed by atoms with Gasteiger partial charge in [0.25, 0.3) is 0 Å². The third-order valence-corrected chi connectivity index (χ3v) is 4.37. The Morgan fingerprint density at radius 2 is 1.43 bits per heavy atom. The van der Waals surface area contributed by atoms with Crippen molar-refractivity contribution in [1.82, 2.24) is 0 Å². The molecule has 0 atom stereocenters. The maximum absolute atomic E-state index is 5.73. The minimum atomic E-state index is 0.683. The zero-order chi connectivity index (χ0) is 16.3. The molecule has 0 heterocycles. The number of benzene rings is 2. The Morgan fingerprint density at radius 3 is 2.13 bits per heavy atom. The Hall–Kier alpha value is -1.32. The molecule has 0 N–H and O–H groups in total. The number of rotatable bonds is 10. The van der Waals surface area contributed by atoms with Crippen LogP contribution in [-0.2, 0) is 17.8 Å². The number of methoxy groups -OCH3 is 1. The highest BCUT2D eigenvalue weighted by molar-refractivity contribution is 9.10. The molecule has 0 saturated heterocycles. The fraction of sp³-hybridized carbons (Fsp3) is 0.400. The molecular formula is C20H25BrO2. The smallest absolute Gasteiger partial charge is 0.118 e. The fourth-order valence-corrected chi connectivity index (χ4v) is 2.71. The lowest BCUT2D eigenvalue weighted by atomic mass is 10.1. The highest BCUT2D eigenvalue weighted by atomic mass is 79.9. The van der Waals surface area contributed by atoms with Gasteiger partial charge in [0.1, 0.15) is 5.75 Å². The Labute approximate surface area is 148 Å². The number of halogens is 1. The molecule has 0 aliphatic carbocycles. The number of hydrogen-bond donors (Lipinski definition) is 0. The van der Waals surface area contributed by atoms with Gasteiger partial charge in [-0.05, 0) is 54.7 Å². The van der Waals surface area contributed by atoms with Gasteiger partial charge in [-0.2, -0.15) is 0 Å². The van der Waals surface area contributed by atoms with Crippen molar-refractivity contribution in [3.63, 3.8) is 0 Å². The SMILES string of the molecule is COc1ccc(COCCCCCCc2ccc(Br)cc2)cc1. The molecular weight excluding hydrogens is 352 g/mol. The lowest BCUT2D eigenvalue weighted by molar-refractivity contribution is 0.116. The molecule has 2 aromatic rings. The molecule has 23 heavy (non-hydrogen) atoms. The van der Waals surface area contributed by atoms with Crippen molar-refractivity contribution in [3.8, 4) is 5.75 Å². The van der Waals surface area contributed by atoms with Crippen molar-refractivity contribution < 1.29 is 9.47 Å². The van der Waals surface area contributed by atoms with Gasteiger partial charge in [-0.25, -0.2) is 0 Å². The van der Waals surface area contributed by atoms with Crippen LogP contribution in [0.1, 0.15) is 36.8 Å². The van der Waals surface area contributed by atoms with Crippen molar-refractivity contribution in [2.45, 2.75) is 38.7 Å². The van der Waals surface area contributed by atoms with Crippen molar-refractivity contribution in [2.75, 3.05) is 13.7 Å². The summed E-state index contributed by atoms with van der Waals surface area (Å²) in [6.07, 6.45) is 6.05. The topological polar surface area (TPSA) is 18.5 Å². The maximum atomic E-state index is 5.73. The second kappa shape index (κ2) is 10.5. The number of aryl methyl sites for hydroxylation is 1. The van der Waals surface area contributed by atoms with Crippen LogP contribution in [0.2, 0.25) is 0 Å². The minimum Gasteiger partial charge on any atom is -0.497 e. The van der Waals surface area contributed by atoms with E-state index in [0.29, 0.717) is 6.61 Å². The summed E-state index contributed by atoms with van der Waals surface area (Å²) < 4.78 is 12.0. The van der Waals surface area contributed by atoms with Gasteiger partial charge in [0.2, 0.25) is 0 Å². The van der Waals surface area contributed by atoms with E-state index in [-0.39, 0.29) is 0 Å². The van der Waals surface area contributed by atoms with Crippen LogP contribution in [0.15, 0.2) is 53.0 Å². The summed E-state index contributed by atoms with van der Waals surface area (Å²) in [4.78, 5) is 0. The Balaban J connectivity index is 1.48. The number of ether oxygens (including phenoxy) is 2. The van der Waals surface area contributed by atoms with Crippen molar-refractivity contribution in [3.05, 3.63) is 64.1 Å². The summed E-state index contributed by atoms with van der Waals surface area (Å²) in [5, 5.41) is 0. The van der Waals surface area contributed by atoms with Crippen LogP contribution >= 0.6 is 15.9 Å². The molecule has 0 bridgehead atoms. The second-order valence-electron chi connectivity index (χ2n) is 5.69. The van der Waals surface area contributed by atoms with Gasteiger partial charge in [0.05, 0.1) is 13.7 Å². The van der Waals surface area contributed by atoms with E-state index in [4.69, 9.17) is 9.47 Å². The summed E-state index contributed by atoms with van der Waals surface area (Å²) in [5.74, 6) is 0.888. The van der Waals surface area contributed by atoms with Crippen LogP contribution in [0.3, 0.4) is 0 Å². The molecule has 0 amide bonds. The average molecular weight is 377 g/mol. The Morgan fingerprint density at radius 1 is 0.783 bits per heavy atom. The summed E-state index contributed by atoms with van der Waals surface area (Å²) >= 11 is 3.47. The van der Waals surface area contributed by atoms with Crippen LogP contribution in [0.25, 0.3) is 0 Å². The standard InChI is InChI=1S/C20H25BrO2/c1-22-20-13-9-18(10-14-20)16-23-15-5-3-2-4-6-17-7-11-19(21)12-8-17/h7-14H,2-6,15-16H2,1H3. The molecule has 3 heteroatoms. The van der Waals surface area contributed by atoms with Crippen LogP contribution < -0.4 is 4.74 Å². The first-order chi connectivity index (χ1) is 11.3. The normalized spacial score (nSPS) is 10.7. The van der Waals surface area contributed by atoms with Crippen LogP contribution in [0.5, 0.6) is 5.75 Å². The van der Waals surface area contributed by atoms with Gasteiger partial charge in [0.15, 0.2) is 0 Å². The quantitative estimate of drug-likeness (QED) is 0.489. The van der Waals surface area contributed by atoms with E-state index in [1.165, 1.54) is 36.8 Å². The predicted molar refractivity (Wildman–Crippen MR) is 99.0 cm³/mol. The van der Waals surface area contributed by atoms with E-state index in [0.717, 1.165) is 23.2 Å². The van der Waals surface area contributed by atoms with Gasteiger partial charge in [-0.3, -0.25) is 0 Å². The van der Waals surface area contributed by atoms with Gasteiger partial charge in [0, 0.05) is 11.1 Å². The van der Waals surface area contributed by atoms with E-state index >= 15 is 0 Å². The van der Waals surface area contributed by atoms with E-state index in [1.54, 1.807) is 7.11 Å². The monoisotopic (exact) mass is 376 g/mol. The first-order valence-corrected chi connectivity index (χ1v) is 9.02. The van der Waals surface area contributed by atoms with Crippen molar-refractivity contribution >= 4 is 15.9 Å². The third kappa shape index (κ3) is 7.19. The largest absolute Gasteiger partial charge is 0.497 e. The van der Waals surface area contributed by atoms with Gasteiger partial charge < -0.3 is 9.47 Å². The highest BCUT2D eigenvalue weighted by Crippen LogP contribution is 2.14. The van der Waals surface area contributed by atoms with Crippen molar-refractivity contribution in [1.29, 1.82) is 0 Å². The van der Waals surface area contributed by atoms with E-state index < -0.39 is 0 Å². The molecule has 2 aromatic carbocycles. The highest BCUT2D eigenvalue weighted by Gasteiger charge is 1.97. The maximum Gasteiger partial charge on any atom is 0.118 e. The summed E-state index contributed by atoms with van der Waals surface area (Å²) in [6.45, 7) is 1.52. The summed E-state index contributed by atoms with van der Waals surface area (Å²) in [5.41, 5.74) is 2.62. The molecule has 0 fully saturated rings. The molecule has 2 rings (SSSR count). The minimum absolute atomic E-state index is 0.683. The van der Waals surface area contributed by atoms with Crippen molar-refractivity contribution in [2.24, 2.45) is 0 Å². The van der Waals surface area contributed by atoms with Crippen LogP contribution in [0, 0.1) is 0 Å². The van der Waals surface area contributed by atoms with Crippen LogP contribution in [-0.4, -0.2) is 13.7 Å². The van der Waals surface area contributed by atoms with E-state index in [2.05, 4.69) is 52.3 Å². The predicted octanol–water partition coefficient (Wildman–Crippen LogP) is 5.78. The van der Waals surface area contributed by atoms with E-state index in [1.807, 2.05) is 12.1 Å². The molecule has 0 aromatic heterocycles. The average Bonchev–Trinajstić information content (AvgIpc) is 2.59. The Bertz CT molecular complexity index is 549. The van der Waals surface area contributed by atoms with Gasteiger partial charge >= 0.3 is 0 Å².